The fourth-order valence-corrected chi connectivity index (χ4v) is 3.75. The van der Waals surface area contributed by atoms with Crippen LogP contribution in [-0.4, -0.2) is 27.3 Å². The number of aromatic nitrogens is 3. The standard InChI is InChI=1S/C26H29N5/c1-18(2)7-9-27-10-11-28-21-16-23(26-24(17-21)29-12-13-30-26)20-6-5-19(3)22-8-14-31(4)25(22)15-20/h6-10,12-18,28H,5,11H2,1-4H3/b9-7-,27-10?. The number of anilines is 1. The van der Waals surface area contributed by atoms with E-state index in [1.165, 1.54) is 21.7 Å². The van der Waals surface area contributed by atoms with Crippen LogP contribution in [0, 0.1) is 5.92 Å². The summed E-state index contributed by atoms with van der Waals surface area (Å²) in [6.07, 6.45) is 16.9. The quantitative estimate of drug-likeness (QED) is 0.623. The predicted octanol–water partition coefficient (Wildman–Crippen LogP) is 4.06. The van der Waals surface area contributed by atoms with Crippen molar-refractivity contribution in [2.75, 3.05) is 11.9 Å². The van der Waals surface area contributed by atoms with Gasteiger partial charge in [0, 0.05) is 54.7 Å². The summed E-state index contributed by atoms with van der Waals surface area (Å²) in [4.78, 5) is 13.5. The number of nitrogens with one attached hydrogen (secondary N) is 1. The molecule has 31 heavy (non-hydrogen) atoms. The zero-order valence-electron chi connectivity index (χ0n) is 18.6. The van der Waals surface area contributed by atoms with E-state index in [2.05, 4.69) is 89.2 Å². The van der Waals surface area contributed by atoms with Gasteiger partial charge in [0.2, 0.25) is 0 Å². The minimum Gasteiger partial charge on any atom is -0.380 e. The molecule has 0 saturated heterocycles. The predicted molar refractivity (Wildman–Crippen MR) is 131 cm³/mol. The average Bonchev–Trinajstić information content (AvgIpc) is 3.03. The molecule has 1 aromatic carbocycles. The van der Waals surface area contributed by atoms with E-state index in [4.69, 9.17) is 0 Å². The molecule has 2 aromatic heterocycles. The van der Waals surface area contributed by atoms with Gasteiger partial charge in [-0.25, -0.2) is 0 Å². The topological polar surface area (TPSA) is 55.1 Å². The van der Waals surface area contributed by atoms with Crippen LogP contribution < -0.4 is 15.9 Å². The maximum atomic E-state index is 4.65. The molecule has 1 N–H and O–H groups in total. The number of aryl methyl sites for hydroxylation is 1. The van der Waals surface area contributed by atoms with E-state index in [0.717, 1.165) is 28.7 Å². The zero-order chi connectivity index (χ0) is 21.8. The summed E-state index contributed by atoms with van der Waals surface area (Å²) in [5.74, 6) is 0.501. The van der Waals surface area contributed by atoms with Gasteiger partial charge in [-0.15, -0.1) is 0 Å². The van der Waals surface area contributed by atoms with Crippen LogP contribution >= 0.6 is 0 Å². The molecule has 3 aromatic rings. The number of nitrogens with zero attached hydrogens (tertiary/aromatic N) is 4. The Bertz CT molecular complexity index is 1310. The van der Waals surface area contributed by atoms with E-state index in [-0.39, 0.29) is 0 Å². The van der Waals surface area contributed by atoms with Crippen molar-refractivity contribution in [3.63, 3.8) is 0 Å². The molecule has 158 valence electrons. The summed E-state index contributed by atoms with van der Waals surface area (Å²) in [6, 6.07) is 6.41. The van der Waals surface area contributed by atoms with Crippen LogP contribution in [0.3, 0.4) is 0 Å². The summed E-state index contributed by atoms with van der Waals surface area (Å²) in [6.45, 7) is 7.12. The molecule has 0 unspecified atom stereocenters. The first-order chi connectivity index (χ1) is 15.0. The molecule has 5 heteroatoms. The molecule has 1 aliphatic carbocycles. The molecular formula is C26H29N5. The number of aliphatic imine (C=N–C) groups is 1. The Morgan fingerprint density at radius 3 is 2.90 bits per heavy atom. The summed E-state index contributed by atoms with van der Waals surface area (Å²) < 4.78 is 2.18. The van der Waals surface area contributed by atoms with Crippen molar-refractivity contribution in [1.29, 1.82) is 0 Å². The second-order valence-corrected chi connectivity index (χ2v) is 8.26. The van der Waals surface area contributed by atoms with Crippen molar-refractivity contribution in [1.82, 2.24) is 14.5 Å². The molecule has 0 radical (unpaired) electrons. The number of hydrogen-bond acceptors (Lipinski definition) is 4. The van der Waals surface area contributed by atoms with Crippen molar-refractivity contribution in [3.05, 3.63) is 71.3 Å². The lowest BCUT2D eigenvalue weighted by atomic mass is 10.0. The first-order valence-corrected chi connectivity index (χ1v) is 10.7. The lowest BCUT2D eigenvalue weighted by Gasteiger charge is -2.11. The lowest BCUT2D eigenvalue weighted by molar-refractivity contribution is 0.829. The third-order valence-electron chi connectivity index (χ3n) is 5.45. The summed E-state index contributed by atoms with van der Waals surface area (Å²) in [7, 11) is 2.09. The Kier molecular flexibility index (Phi) is 6.12. The van der Waals surface area contributed by atoms with Gasteiger partial charge in [-0.1, -0.05) is 31.6 Å². The van der Waals surface area contributed by atoms with Crippen molar-refractivity contribution < 1.29 is 0 Å². The van der Waals surface area contributed by atoms with Crippen LogP contribution in [0.25, 0.3) is 28.3 Å². The van der Waals surface area contributed by atoms with Gasteiger partial charge in [0.1, 0.15) is 0 Å². The van der Waals surface area contributed by atoms with Crippen molar-refractivity contribution >= 4 is 40.2 Å². The van der Waals surface area contributed by atoms with Crippen LogP contribution in [0.5, 0.6) is 0 Å². The molecule has 0 amide bonds. The molecule has 2 heterocycles. The Morgan fingerprint density at radius 1 is 1.23 bits per heavy atom. The Morgan fingerprint density at radius 2 is 2.06 bits per heavy atom. The van der Waals surface area contributed by atoms with Crippen molar-refractivity contribution in [2.45, 2.75) is 27.2 Å². The molecule has 0 aliphatic heterocycles. The molecule has 0 fully saturated rings. The highest BCUT2D eigenvalue weighted by molar-refractivity contribution is 6.00. The van der Waals surface area contributed by atoms with E-state index in [0.29, 0.717) is 12.5 Å². The third kappa shape index (κ3) is 4.66. The number of rotatable bonds is 6. The summed E-state index contributed by atoms with van der Waals surface area (Å²) in [5, 5.41) is 5.98. The van der Waals surface area contributed by atoms with E-state index in [1.807, 2.05) is 18.5 Å². The van der Waals surface area contributed by atoms with Crippen LogP contribution in [0.15, 0.2) is 60.1 Å². The monoisotopic (exact) mass is 411 g/mol. The highest BCUT2D eigenvalue weighted by Gasteiger charge is 2.12. The number of hydrogen-bond donors (Lipinski definition) is 1. The molecule has 0 atom stereocenters. The van der Waals surface area contributed by atoms with Gasteiger partial charge >= 0.3 is 0 Å². The largest absolute Gasteiger partial charge is 0.380 e. The summed E-state index contributed by atoms with van der Waals surface area (Å²) in [5.41, 5.74) is 6.44. The molecule has 0 spiro atoms. The zero-order valence-corrected chi connectivity index (χ0v) is 18.6. The first kappa shape index (κ1) is 20.8. The number of benzene rings is 1. The van der Waals surface area contributed by atoms with Crippen LogP contribution in [0.4, 0.5) is 5.69 Å². The van der Waals surface area contributed by atoms with Crippen LogP contribution in [-0.2, 0) is 7.05 Å². The first-order valence-electron chi connectivity index (χ1n) is 10.7. The normalized spacial score (nSPS) is 14.2. The molecule has 4 rings (SSSR count). The van der Waals surface area contributed by atoms with Crippen molar-refractivity contribution in [2.24, 2.45) is 18.0 Å². The third-order valence-corrected chi connectivity index (χ3v) is 5.45. The number of allylic oxidation sites excluding steroid dienone is 3. The van der Waals surface area contributed by atoms with Gasteiger partial charge in [-0.05, 0) is 54.3 Å². The van der Waals surface area contributed by atoms with E-state index >= 15 is 0 Å². The van der Waals surface area contributed by atoms with Gasteiger partial charge in [-0.3, -0.25) is 15.0 Å². The molecule has 1 aliphatic rings. The van der Waals surface area contributed by atoms with Gasteiger partial charge in [0.15, 0.2) is 0 Å². The Balaban J connectivity index is 1.71. The Hall–Kier alpha value is -3.47. The highest BCUT2D eigenvalue weighted by Crippen LogP contribution is 2.29. The SMILES string of the molecule is CC1=c2ccn(C)c2=CC(c2cc(NCC=N/C=C\C(C)C)cc3nccnc23)=CC1. The van der Waals surface area contributed by atoms with E-state index in [1.54, 1.807) is 12.4 Å². The fraction of sp³-hybridized carbons (Fsp3) is 0.269. The molecule has 0 saturated carbocycles. The molecule has 0 bridgehead atoms. The second kappa shape index (κ2) is 9.13. The fourth-order valence-electron chi connectivity index (χ4n) is 3.75. The number of fused-ring (bicyclic) bond motifs is 2. The van der Waals surface area contributed by atoms with E-state index < -0.39 is 0 Å². The average molecular weight is 412 g/mol. The van der Waals surface area contributed by atoms with Gasteiger partial charge in [0.05, 0.1) is 17.6 Å². The smallest absolute Gasteiger partial charge is 0.0966 e. The van der Waals surface area contributed by atoms with Gasteiger partial charge in [-0.2, -0.15) is 0 Å². The molecular weight excluding hydrogens is 382 g/mol. The van der Waals surface area contributed by atoms with Crippen LogP contribution in [0.1, 0.15) is 32.8 Å². The van der Waals surface area contributed by atoms with Crippen LogP contribution in [0.2, 0.25) is 0 Å². The van der Waals surface area contributed by atoms with Gasteiger partial charge in [0.25, 0.3) is 0 Å². The minimum absolute atomic E-state index is 0.501. The minimum atomic E-state index is 0.501. The maximum Gasteiger partial charge on any atom is 0.0966 e. The van der Waals surface area contributed by atoms with Gasteiger partial charge < -0.3 is 9.88 Å². The second-order valence-electron chi connectivity index (χ2n) is 8.26. The highest BCUT2D eigenvalue weighted by atomic mass is 14.9. The maximum absolute atomic E-state index is 4.65. The lowest BCUT2D eigenvalue weighted by Crippen LogP contribution is -2.28. The summed E-state index contributed by atoms with van der Waals surface area (Å²) >= 11 is 0. The molecule has 5 nitrogen and oxygen atoms in total. The Labute approximate surface area is 183 Å². The van der Waals surface area contributed by atoms with Crippen molar-refractivity contribution in [3.8, 4) is 0 Å². The van der Waals surface area contributed by atoms with E-state index in [9.17, 15) is 0 Å².